The van der Waals surface area contributed by atoms with Gasteiger partial charge in [0.1, 0.15) is 17.9 Å². The van der Waals surface area contributed by atoms with E-state index >= 15 is 0 Å². The summed E-state index contributed by atoms with van der Waals surface area (Å²) in [5.74, 6) is -0.474. The number of imide groups is 1. The maximum Gasteiger partial charge on any atom is 0.282 e. The molecule has 9 nitrogen and oxygen atoms in total. The third-order valence-corrected chi connectivity index (χ3v) is 5.89. The average molecular weight is 476 g/mol. The Morgan fingerprint density at radius 1 is 0.943 bits per heavy atom. The van der Waals surface area contributed by atoms with Crippen LogP contribution in [0.5, 0.6) is 5.75 Å². The molecule has 0 saturated carbocycles. The van der Waals surface area contributed by atoms with Crippen LogP contribution in [0.1, 0.15) is 46.4 Å². The van der Waals surface area contributed by atoms with Crippen LogP contribution in [0.3, 0.4) is 0 Å². The number of hydrogen-bond donors (Lipinski definition) is 1. The number of nitro groups is 1. The van der Waals surface area contributed by atoms with Crippen LogP contribution in [0.2, 0.25) is 0 Å². The van der Waals surface area contributed by atoms with E-state index < -0.39 is 16.7 Å². The van der Waals surface area contributed by atoms with Gasteiger partial charge in [-0.25, -0.2) is 0 Å². The van der Waals surface area contributed by atoms with Crippen molar-refractivity contribution in [3.8, 4) is 5.75 Å². The predicted octanol–water partition coefficient (Wildman–Crippen LogP) is 4.10. The van der Waals surface area contributed by atoms with E-state index in [-0.39, 0.29) is 29.3 Å². The summed E-state index contributed by atoms with van der Waals surface area (Å²) in [5, 5.41) is 16.1. The molecular formula is C26H25N3O6. The minimum absolute atomic E-state index is 0.0642. The molecule has 0 aliphatic carbocycles. The van der Waals surface area contributed by atoms with Gasteiger partial charge < -0.3 is 10.1 Å². The number of benzene rings is 3. The van der Waals surface area contributed by atoms with E-state index in [2.05, 4.69) is 5.32 Å². The molecule has 9 heteroatoms. The lowest BCUT2D eigenvalue weighted by molar-refractivity contribution is -0.385. The number of amides is 3. The topological polar surface area (TPSA) is 119 Å². The quantitative estimate of drug-likeness (QED) is 0.193. The first-order chi connectivity index (χ1) is 17.0. The highest BCUT2D eigenvalue weighted by Gasteiger charge is 2.40. The van der Waals surface area contributed by atoms with Crippen LogP contribution in [-0.4, -0.2) is 47.2 Å². The monoisotopic (exact) mass is 475 g/mol. The highest BCUT2D eigenvalue weighted by molar-refractivity contribution is 6.23. The molecule has 0 radical (unpaired) electrons. The third kappa shape index (κ3) is 5.29. The van der Waals surface area contributed by atoms with Gasteiger partial charge in [0.15, 0.2) is 0 Å². The summed E-state index contributed by atoms with van der Waals surface area (Å²) in [7, 11) is 0. The molecule has 1 aliphatic rings. The predicted molar refractivity (Wildman–Crippen MR) is 129 cm³/mol. The molecule has 0 bridgehead atoms. The summed E-state index contributed by atoms with van der Waals surface area (Å²) >= 11 is 0. The van der Waals surface area contributed by atoms with Crippen LogP contribution < -0.4 is 10.1 Å². The second kappa shape index (κ2) is 10.8. The molecule has 0 unspecified atom stereocenters. The summed E-state index contributed by atoms with van der Waals surface area (Å²) in [6, 6.07) is 17.8. The van der Waals surface area contributed by atoms with Crippen molar-refractivity contribution < 1.29 is 24.0 Å². The van der Waals surface area contributed by atoms with Crippen LogP contribution in [0.4, 0.5) is 5.69 Å². The normalized spacial score (nSPS) is 12.6. The maximum absolute atomic E-state index is 12.6. The Kier molecular flexibility index (Phi) is 7.35. The highest BCUT2D eigenvalue weighted by Crippen LogP contribution is 2.31. The van der Waals surface area contributed by atoms with Crippen molar-refractivity contribution in [3.05, 3.63) is 81.9 Å². The molecule has 35 heavy (non-hydrogen) atoms. The lowest BCUT2D eigenvalue weighted by Gasteiger charge is -2.13. The Morgan fingerprint density at radius 2 is 1.71 bits per heavy atom. The van der Waals surface area contributed by atoms with Crippen molar-refractivity contribution in [1.29, 1.82) is 0 Å². The van der Waals surface area contributed by atoms with E-state index in [4.69, 9.17) is 4.74 Å². The number of unbranched alkanes of at least 4 members (excludes halogenated alkanes) is 2. The number of ether oxygens (including phenoxy) is 1. The molecule has 1 heterocycles. The summed E-state index contributed by atoms with van der Waals surface area (Å²) in [6.07, 6.45) is 2.06. The van der Waals surface area contributed by atoms with Crippen molar-refractivity contribution in [2.45, 2.75) is 25.7 Å². The Bertz CT molecular complexity index is 1280. The molecule has 0 spiro atoms. The Hall–Kier alpha value is -4.27. The molecule has 180 valence electrons. The average Bonchev–Trinajstić information content (AvgIpc) is 3.11. The molecular weight excluding hydrogens is 450 g/mol. The fourth-order valence-corrected chi connectivity index (χ4v) is 4.16. The molecule has 0 fully saturated rings. The van der Waals surface area contributed by atoms with Crippen LogP contribution in [0.15, 0.2) is 60.7 Å². The zero-order chi connectivity index (χ0) is 24.8. The van der Waals surface area contributed by atoms with E-state index in [1.807, 2.05) is 42.5 Å². The zero-order valence-electron chi connectivity index (χ0n) is 19.1. The second-order valence-corrected chi connectivity index (χ2v) is 8.21. The summed E-state index contributed by atoms with van der Waals surface area (Å²) in [4.78, 5) is 48.7. The first kappa shape index (κ1) is 23.9. The molecule has 3 aromatic rings. The van der Waals surface area contributed by atoms with Crippen molar-refractivity contribution in [2.75, 3.05) is 19.7 Å². The van der Waals surface area contributed by atoms with E-state index in [1.54, 1.807) is 0 Å². The fourth-order valence-electron chi connectivity index (χ4n) is 4.16. The minimum Gasteiger partial charge on any atom is -0.491 e. The fraction of sp³-hybridized carbons (Fsp3) is 0.269. The second-order valence-electron chi connectivity index (χ2n) is 8.21. The van der Waals surface area contributed by atoms with Crippen LogP contribution in [-0.2, 0) is 4.79 Å². The Morgan fingerprint density at radius 3 is 2.54 bits per heavy atom. The molecule has 4 rings (SSSR count). The number of nitrogens with zero attached hydrogens (tertiary/aromatic N) is 2. The molecule has 1 N–H and O–H groups in total. The molecule has 0 atom stereocenters. The van der Waals surface area contributed by atoms with Gasteiger partial charge in [-0.2, -0.15) is 0 Å². The maximum atomic E-state index is 12.6. The van der Waals surface area contributed by atoms with Gasteiger partial charge in [-0.1, -0.05) is 48.9 Å². The Labute approximate surface area is 201 Å². The summed E-state index contributed by atoms with van der Waals surface area (Å²) in [5.41, 5.74) is -0.439. The van der Waals surface area contributed by atoms with Crippen LogP contribution in [0, 0.1) is 10.1 Å². The van der Waals surface area contributed by atoms with Crippen molar-refractivity contribution in [2.24, 2.45) is 0 Å². The molecule has 3 amide bonds. The highest BCUT2D eigenvalue weighted by atomic mass is 16.6. The number of nitrogens with one attached hydrogen (secondary N) is 1. The molecule has 3 aromatic carbocycles. The van der Waals surface area contributed by atoms with Crippen molar-refractivity contribution in [3.63, 3.8) is 0 Å². The summed E-state index contributed by atoms with van der Waals surface area (Å²) < 4.78 is 5.81. The number of carbonyl (C=O) groups is 3. The third-order valence-electron chi connectivity index (χ3n) is 5.89. The van der Waals surface area contributed by atoms with Gasteiger partial charge in [-0.15, -0.1) is 0 Å². The number of hydrogen-bond acceptors (Lipinski definition) is 6. The van der Waals surface area contributed by atoms with Crippen LogP contribution >= 0.6 is 0 Å². The number of nitro benzene ring substituents is 1. The lowest BCUT2D eigenvalue weighted by atomic mass is 10.1. The van der Waals surface area contributed by atoms with E-state index in [1.165, 1.54) is 18.2 Å². The van der Waals surface area contributed by atoms with Gasteiger partial charge in [0.25, 0.3) is 17.5 Å². The number of fused-ring (bicyclic) bond motifs is 2. The minimum atomic E-state index is -0.654. The number of carbonyl (C=O) groups excluding carboxylic acids is 3. The molecule has 1 aliphatic heterocycles. The Balaban J connectivity index is 1.15. The van der Waals surface area contributed by atoms with Gasteiger partial charge in [0.2, 0.25) is 5.91 Å². The van der Waals surface area contributed by atoms with Crippen molar-refractivity contribution in [1.82, 2.24) is 10.2 Å². The molecule has 0 saturated heterocycles. The van der Waals surface area contributed by atoms with Gasteiger partial charge in [0, 0.05) is 24.4 Å². The van der Waals surface area contributed by atoms with E-state index in [9.17, 15) is 24.5 Å². The van der Waals surface area contributed by atoms with Gasteiger partial charge in [-0.05, 0) is 30.4 Å². The number of rotatable bonds is 11. The smallest absolute Gasteiger partial charge is 0.282 e. The van der Waals surface area contributed by atoms with Crippen molar-refractivity contribution >= 4 is 34.2 Å². The van der Waals surface area contributed by atoms with Gasteiger partial charge in [-0.3, -0.25) is 29.4 Å². The lowest BCUT2D eigenvalue weighted by Crippen LogP contribution is -2.31. The van der Waals surface area contributed by atoms with Gasteiger partial charge in [0.05, 0.1) is 17.0 Å². The first-order valence-electron chi connectivity index (χ1n) is 11.5. The van der Waals surface area contributed by atoms with Crippen LogP contribution in [0.25, 0.3) is 10.8 Å². The van der Waals surface area contributed by atoms with E-state index in [0.717, 1.165) is 21.4 Å². The first-order valence-corrected chi connectivity index (χ1v) is 11.5. The summed E-state index contributed by atoms with van der Waals surface area (Å²) in [6.45, 7) is 0.894. The van der Waals surface area contributed by atoms with E-state index in [0.29, 0.717) is 38.8 Å². The zero-order valence-corrected chi connectivity index (χ0v) is 19.1. The SMILES string of the molecule is O=C(CCCCCN1C(=O)c2cccc([N+](=O)[O-])c2C1=O)NCCOc1cccc2ccccc12. The van der Waals surface area contributed by atoms with Gasteiger partial charge >= 0.3 is 0 Å². The largest absolute Gasteiger partial charge is 0.491 e. The standard InChI is InChI=1S/C26H25N3O6/c30-23(27-15-17-35-22-13-6-9-18-8-3-4-10-19(18)22)14-2-1-5-16-28-25(31)20-11-7-12-21(29(33)34)24(20)26(28)32/h3-4,6-13H,1-2,5,14-17H2,(H,27,30). The molecule has 0 aromatic heterocycles.